The second kappa shape index (κ2) is 9.28. The van der Waals surface area contributed by atoms with Crippen LogP contribution in [0.1, 0.15) is 46.6 Å². The molecule has 0 aliphatic carbocycles. The zero-order valence-corrected chi connectivity index (χ0v) is 20.8. The van der Waals surface area contributed by atoms with Gasteiger partial charge in [-0.15, -0.1) is 0 Å². The van der Waals surface area contributed by atoms with E-state index >= 15 is 0 Å². The highest BCUT2D eigenvalue weighted by atomic mass is 32.1. The summed E-state index contributed by atoms with van der Waals surface area (Å²) in [7, 11) is 0. The molecule has 2 aliphatic rings. The first kappa shape index (κ1) is 23.8. The Bertz CT molecular complexity index is 1370. The predicted octanol–water partition coefficient (Wildman–Crippen LogP) is 4.35. The van der Waals surface area contributed by atoms with E-state index in [9.17, 15) is 9.59 Å². The van der Waals surface area contributed by atoms with Gasteiger partial charge >= 0.3 is 0 Å². The van der Waals surface area contributed by atoms with Crippen molar-refractivity contribution in [2.24, 2.45) is 0 Å². The molecule has 0 amide bonds. The first-order valence-corrected chi connectivity index (χ1v) is 12.2. The SMILES string of the molecule is CC[C@]12CO[C@@H](C1OCc1ccccc1)[C@H](n1cc(C)c(=O)n(C(=O)c3ccc(C)cc3)c1=S)O2. The topological polar surface area (TPSA) is 71.7 Å². The van der Waals surface area contributed by atoms with Gasteiger partial charge in [0.25, 0.3) is 11.5 Å². The average Bonchev–Trinajstić information content (AvgIpc) is 3.38. The molecule has 35 heavy (non-hydrogen) atoms. The highest BCUT2D eigenvalue weighted by Crippen LogP contribution is 2.48. The highest BCUT2D eigenvalue weighted by Gasteiger charge is 2.62. The molecule has 182 valence electrons. The van der Waals surface area contributed by atoms with Crippen molar-refractivity contribution in [2.75, 3.05) is 6.61 Å². The van der Waals surface area contributed by atoms with E-state index in [4.69, 9.17) is 26.4 Å². The minimum atomic E-state index is -0.630. The summed E-state index contributed by atoms with van der Waals surface area (Å²) in [4.78, 5) is 26.3. The summed E-state index contributed by atoms with van der Waals surface area (Å²) in [6, 6.07) is 17.0. The van der Waals surface area contributed by atoms with Crippen LogP contribution < -0.4 is 5.56 Å². The summed E-state index contributed by atoms with van der Waals surface area (Å²) in [5, 5.41) is 0. The zero-order chi connectivity index (χ0) is 24.7. The number of ether oxygens (including phenoxy) is 3. The molecule has 5 rings (SSSR count). The summed E-state index contributed by atoms with van der Waals surface area (Å²) in [5.74, 6) is -0.469. The lowest BCUT2D eigenvalue weighted by Crippen LogP contribution is -2.41. The molecule has 7 nitrogen and oxygen atoms in total. The van der Waals surface area contributed by atoms with Crippen LogP contribution in [0.5, 0.6) is 0 Å². The molecule has 2 saturated heterocycles. The van der Waals surface area contributed by atoms with Crippen molar-refractivity contribution in [3.63, 3.8) is 0 Å². The summed E-state index contributed by atoms with van der Waals surface area (Å²) >= 11 is 5.67. The van der Waals surface area contributed by atoms with E-state index in [2.05, 4.69) is 0 Å². The summed E-state index contributed by atoms with van der Waals surface area (Å²) in [6.07, 6.45) is 0.982. The Hall–Kier alpha value is -2.91. The van der Waals surface area contributed by atoms with Gasteiger partial charge < -0.3 is 14.2 Å². The van der Waals surface area contributed by atoms with Crippen LogP contribution in [0, 0.1) is 18.6 Å². The molecule has 3 heterocycles. The number of hydrogen-bond acceptors (Lipinski definition) is 6. The van der Waals surface area contributed by atoms with E-state index in [1.807, 2.05) is 56.3 Å². The molecule has 2 aromatic carbocycles. The summed E-state index contributed by atoms with van der Waals surface area (Å²) in [6.45, 7) is 6.49. The zero-order valence-electron chi connectivity index (χ0n) is 20.0. The van der Waals surface area contributed by atoms with Crippen LogP contribution in [0.3, 0.4) is 0 Å². The third kappa shape index (κ3) is 4.10. The molecule has 1 unspecified atom stereocenters. The summed E-state index contributed by atoms with van der Waals surface area (Å²) < 4.78 is 21.8. The maximum absolute atomic E-state index is 13.3. The second-order valence-corrected chi connectivity index (χ2v) is 9.60. The number of carbonyl (C=O) groups is 1. The van der Waals surface area contributed by atoms with E-state index < -0.39 is 29.4 Å². The quantitative estimate of drug-likeness (QED) is 0.477. The number of nitrogens with zero attached hydrogens (tertiary/aromatic N) is 2. The second-order valence-electron chi connectivity index (χ2n) is 9.23. The van der Waals surface area contributed by atoms with Gasteiger partial charge in [-0.1, -0.05) is 55.0 Å². The Morgan fingerprint density at radius 3 is 2.54 bits per heavy atom. The average molecular weight is 493 g/mol. The first-order chi connectivity index (χ1) is 16.8. The third-order valence-corrected chi connectivity index (χ3v) is 7.30. The number of fused-ring (bicyclic) bond motifs is 2. The predicted molar refractivity (Wildman–Crippen MR) is 133 cm³/mol. The van der Waals surface area contributed by atoms with Crippen molar-refractivity contribution in [1.29, 1.82) is 0 Å². The van der Waals surface area contributed by atoms with Gasteiger partial charge in [-0.2, -0.15) is 0 Å². The molecule has 3 aromatic rings. The van der Waals surface area contributed by atoms with E-state index in [1.165, 1.54) is 0 Å². The largest absolute Gasteiger partial charge is 0.368 e. The fourth-order valence-corrected chi connectivity index (χ4v) is 5.16. The lowest BCUT2D eigenvalue weighted by atomic mass is 9.96. The minimum absolute atomic E-state index is 0.0698. The van der Waals surface area contributed by atoms with Gasteiger partial charge in [-0.25, -0.2) is 4.57 Å². The van der Waals surface area contributed by atoms with Crippen molar-refractivity contribution in [3.8, 4) is 0 Å². The number of aryl methyl sites for hydroxylation is 2. The van der Waals surface area contributed by atoms with Gasteiger partial charge in [0.2, 0.25) is 0 Å². The highest BCUT2D eigenvalue weighted by molar-refractivity contribution is 7.71. The molecular weight excluding hydrogens is 464 g/mol. The Kier molecular flexibility index (Phi) is 6.31. The Labute approximate surface area is 208 Å². The molecule has 0 saturated carbocycles. The molecule has 0 spiro atoms. The molecule has 2 bridgehead atoms. The molecule has 2 fully saturated rings. The van der Waals surface area contributed by atoms with E-state index in [0.29, 0.717) is 30.8 Å². The summed E-state index contributed by atoms with van der Waals surface area (Å²) in [5.41, 5.74) is 1.78. The fourth-order valence-electron chi connectivity index (χ4n) is 4.84. The molecule has 8 heteroatoms. The molecule has 0 N–H and O–H groups in total. The number of carbonyl (C=O) groups excluding carboxylic acids is 1. The van der Waals surface area contributed by atoms with Crippen molar-refractivity contribution in [2.45, 2.75) is 57.8 Å². The van der Waals surface area contributed by atoms with Gasteiger partial charge in [0, 0.05) is 17.3 Å². The number of aromatic nitrogens is 2. The van der Waals surface area contributed by atoms with Gasteiger partial charge in [-0.3, -0.25) is 14.2 Å². The van der Waals surface area contributed by atoms with Crippen molar-refractivity contribution in [1.82, 2.24) is 9.13 Å². The Morgan fingerprint density at radius 1 is 1.14 bits per heavy atom. The van der Waals surface area contributed by atoms with E-state index in [1.54, 1.807) is 29.8 Å². The van der Waals surface area contributed by atoms with Crippen LogP contribution in [0.25, 0.3) is 0 Å². The van der Waals surface area contributed by atoms with Gasteiger partial charge in [0.1, 0.15) is 17.8 Å². The van der Waals surface area contributed by atoms with E-state index in [0.717, 1.165) is 15.7 Å². The van der Waals surface area contributed by atoms with Crippen LogP contribution in [0.2, 0.25) is 0 Å². The monoisotopic (exact) mass is 492 g/mol. The molecule has 1 aromatic heterocycles. The van der Waals surface area contributed by atoms with Crippen LogP contribution in [0.4, 0.5) is 0 Å². The maximum atomic E-state index is 13.3. The van der Waals surface area contributed by atoms with Gasteiger partial charge in [-0.05, 0) is 50.2 Å². The van der Waals surface area contributed by atoms with Crippen molar-refractivity contribution >= 4 is 18.1 Å². The van der Waals surface area contributed by atoms with Crippen LogP contribution in [0.15, 0.2) is 65.6 Å². The maximum Gasteiger partial charge on any atom is 0.267 e. The molecule has 0 radical (unpaired) electrons. The van der Waals surface area contributed by atoms with Gasteiger partial charge in [0.15, 0.2) is 11.0 Å². The standard InChI is InChI=1S/C27H28N2O5S/c1-4-27-16-33-21(22(27)32-15-19-8-6-5-7-9-19)25(34-27)28-14-18(3)23(30)29(26(28)35)24(31)20-12-10-17(2)11-13-20/h5-14,21-22,25H,4,15-16H2,1-3H3/t21-,22?,25+,27-/m0/s1. The number of rotatable bonds is 6. The number of benzene rings is 2. The lowest BCUT2D eigenvalue weighted by Gasteiger charge is -2.31. The van der Waals surface area contributed by atoms with Crippen LogP contribution >= 0.6 is 12.2 Å². The number of hydrogen-bond donors (Lipinski definition) is 0. The fraction of sp³-hybridized carbons (Fsp3) is 0.370. The van der Waals surface area contributed by atoms with Crippen LogP contribution in [-0.2, 0) is 20.8 Å². The Balaban J connectivity index is 1.50. The molecular formula is C27H28N2O5S. The molecule has 4 atom stereocenters. The minimum Gasteiger partial charge on any atom is -0.368 e. The first-order valence-electron chi connectivity index (χ1n) is 11.8. The molecule has 2 aliphatic heterocycles. The van der Waals surface area contributed by atoms with Gasteiger partial charge in [0.05, 0.1) is 13.2 Å². The normalized spacial score (nSPS) is 25.2. The van der Waals surface area contributed by atoms with Crippen molar-refractivity contribution in [3.05, 3.63) is 98.2 Å². The van der Waals surface area contributed by atoms with E-state index in [-0.39, 0.29) is 10.9 Å². The van der Waals surface area contributed by atoms with Crippen LogP contribution in [-0.4, -0.2) is 39.5 Å². The third-order valence-electron chi connectivity index (χ3n) is 6.91. The van der Waals surface area contributed by atoms with Crippen molar-refractivity contribution < 1.29 is 19.0 Å². The Morgan fingerprint density at radius 2 is 1.86 bits per heavy atom. The smallest absolute Gasteiger partial charge is 0.267 e. The lowest BCUT2D eigenvalue weighted by molar-refractivity contribution is -0.176.